The molecule has 2 N–H and O–H groups in total. The summed E-state index contributed by atoms with van der Waals surface area (Å²) in [4.78, 5) is 0.211. The van der Waals surface area contributed by atoms with Crippen LogP contribution < -0.4 is 5.73 Å². The van der Waals surface area contributed by atoms with Crippen molar-refractivity contribution in [2.45, 2.75) is 17.6 Å². The van der Waals surface area contributed by atoms with E-state index < -0.39 is 9.84 Å². The summed E-state index contributed by atoms with van der Waals surface area (Å²) in [5.41, 5.74) is 7.70. The minimum Gasteiger partial charge on any atom is -0.399 e. The zero-order chi connectivity index (χ0) is 14.9. The van der Waals surface area contributed by atoms with Crippen LogP contribution in [0.15, 0.2) is 45.8 Å². The van der Waals surface area contributed by atoms with Crippen molar-refractivity contribution < 1.29 is 8.42 Å². The van der Waals surface area contributed by atoms with Crippen molar-refractivity contribution in [3.8, 4) is 0 Å². The van der Waals surface area contributed by atoms with Crippen LogP contribution in [-0.4, -0.2) is 8.42 Å². The van der Waals surface area contributed by atoms with E-state index in [1.165, 1.54) is 6.07 Å². The largest absolute Gasteiger partial charge is 0.399 e. The average Bonchev–Trinajstić information content (AvgIpc) is 2.32. The zero-order valence-electron chi connectivity index (χ0n) is 10.7. The molecule has 0 aliphatic carbocycles. The molecule has 20 heavy (non-hydrogen) atoms. The molecule has 2 aromatic carbocycles. The van der Waals surface area contributed by atoms with E-state index in [0.717, 1.165) is 5.56 Å². The van der Waals surface area contributed by atoms with Crippen LogP contribution in [0, 0.1) is 6.92 Å². The summed E-state index contributed by atoms with van der Waals surface area (Å²) in [5.74, 6) is -0.144. The van der Waals surface area contributed by atoms with E-state index in [2.05, 4.69) is 15.9 Å². The average molecular weight is 375 g/mol. The predicted octanol–water partition coefficient (Wildman–Crippen LogP) is 3.97. The lowest BCUT2D eigenvalue weighted by Gasteiger charge is -2.09. The summed E-state index contributed by atoms with van der Waals surface area (Å²) in [6.07, 6.45) is 0. The van der Waals surface area contributed by atoms with Crippen LogP contribution in [0.1, 0.15) is 11.1 Å². The van der Waals surface area contributed by atoms with Gasteiger partial charge in [0.1, 0.15) is 0 Å². The Labute approximate surface area is 131 Å². The van der Waals surface area contributed by atoms with E-state index in [1.807, 2.05) is 13.0 Å². The summed E-state index contributed by atoms with van der Waals surface area (Å²) >= 11 is 9.33. The van der Waals surface area contributed by atoms with Crippen LogP contribution in [0.3, 0.4) is 0 Å². The summed E-state index contributed by atoms with van der Waals surface area (Å²) in [6, 6.07) is 9.97. The molecule has 6 heteroatoms. The molecule has 0 fully saturated rings. The lowest BCUT2D eigenvalue weighted by Crippen LogP contribution is -2.06. The molecule has 0 saturated heterocycles. The molecule has 0 spiro atoms. The first-order valence-corrected chi connectivity index (χ1v) is 8.65. The molecule has 0 saturated carbocycles. The second kappa shape index (κ2) is 5.76. The summed E-state index contributed by atoms with van der Waals surface area (Å²) in [5, 5.41) is 0.458. The van der Waals surface area contributed by atoms with Crippen molar-refractivity contribution in [2.24, 2.45) is 0 Å². The van der Waals surface area contributed by atoms with Crippen molar-refractivity contribution in [2.75, 3.05) is 5.73 Å². The summed E-state index contributed by atoms with van der Waals surface area (Å²) in [6.45, 7) is 1.90. The first-order chi connectivity index (χ1) is 9.29. The molecule has 0 amide bonds. The minimum absolute atomic E-state index is 0.144. The second-order valence-electron chi connectivity index (χ2n) is 4.54. The van der Waals surface area contributed by atoms with Gasteiger partial charge in [0.25, 0.3) is 0 Å². The second-order valence-corrected chi connectivity index (χ2v) is 7.76. The normalized spacial score (nSPS) is 11.6. The molecule has 0 heterocycles. The fourth-order valence-corrected chi connectivity index (χ4v) is 4.79. The molecular weight excluding hydrogens is 362 g/mol. The van der Waals surface area contributed by atoms with E-state index in [0.29, 0.717) is 20.7 Å². The maximum atomic E-state index is 12.4. The molecule has 0 aliphatic heterocycles. The third-order valence-corrected chi connectivity index (χ3v) is 5.83. The number of halogens is 2. The molecule has 2 aromatic rings. The van der Waals surface area contributed by atoms with Crippen LogP contribution in [-0.2, 0) is 15.6 Å². The number of sulfone groups is 1. The summed E-state index contributed by atoms with van der Waals surface area (Å²) in [7, 11) is -3.48. The van der Waals surface area contributed by atoms with E-state index in [1.54, 1.807) is 24.3 Å². The predicted molar refractivity (Wildman–Crippen MR) is 85.6 cm³/mol. The van der Waals surface area contributed by atoms with Crippen LogP contribution in [0.4, 0.5) is 5.69 Å². The summed E-state index contributed by atoms with van der Waals surface area (Å²) < 4.78 is 25.3. The molecule has 0 bridgehead atoms. The van der Waals surface area contributed by atoms with Crippen LogP contribution in [0.2, 0.25) is 5.02 Å². The highest BCUT2D eigenvalue weighted by atomic mass is 79.9. The zero-order valence-corrected chi connectivity index (χ0v) is 13.9. The van der Waals surface area contributed by atoms with Crippen molar-refractivity contribution in [1.82, 2.24) is 0 Å². The number of aryl methyl sites for hydroxylation is 1. The number of hydrogen-bond acceptors (Lipinski definition) is 3. The van der Waals surface area contributed by atoms with Crippen LogP contribution in [0.25, 0.3) is 0 Å². The molecule has 3 nitrogen and oxygen atoms in total. The Kier molecular flexibility index (Phi) is 4.42. The monoisotopic (exact) mass is 373 g/mol. The van der Waals surface area contributed by atoms with Gasteiger partial charge in [-0.25, -0.2) is 8.42 Å². The lowest BCUT2D eigenvalue weighted by atomic mass is 10.2. The topological polar surface area (TPSA) is 60.2 Å². The van der Waals surface area contributed by atoms with Crippen LogP contribution in [0.5, 0.6) is 0 Å². The SMILES string of the molecule is Cc1ccc(CS(=O)(=O)c2ccc(N)cc2Br)c(Cl)c1. The third-order valence-electron chi connectivity index (χ3n) is 2.85. The van der Waals surface area contributed by atoms with Gasteiger partial charge in [0.2, 0.25) is 0 Å². The molecule has 0 unspecified atom stereocenters. The number of rotatable bonds is 3. The number of benzene rings is 2. The lowest BCUT2D eigenvalue weighted by molar-refractivity contribution is 0.595. The molecule has 2 rings (SSSR count). The highest BCUT2D eigenvalue weighted by Crippen LogP contribution is 2.29. The van der Waals surface area contributed by atoms with Gasteiger partial charge in [0, 0.05) is 15.2 Å². The molecule has 0 aromatic heterocycles. The molecular formula is C14H13BrClNO2S. The third kappa shape index (κ3) is 3.34. The van der Waals surface area contributed by atoms with Crippen molar-refractivity contribution in [3.63, 3.8) is 0 Å². The number of nitrogen functional groups attached to an aromatic ring is 1. The molecule has 0 atom stereocenters. The Balaban J connectivity index is 2.41. The molecule has 0 aliphatic rings. The maximum Gasteiger partial charge on any atom is 0.183 e. The Morgan fingerprint density at radius 1 is 1.20 bits per heavy atom. The van der Waals surface area contributed by atoms with Gasteiger partial charge < -0.3 is 5.73 Å². The van der Waals surface area contributed by atoms with Gasteiger partial charge in [-0.1, -0.05) is 23.7 Å². The van der Waals surface area contributed by atoms with Gasteiger partial charge in [-0.2, -0.15) is 0 Å². The van der Waals surface area contributed by atoms with E-state index >= 15 is 0 Å². The van der Waals surface area contributed by atoms with Gasteiger partial charge in [-0.15, -0.1) is 0 Å². The Bertz CT molecular complexity index is 760. The highest BCUT2D eigenvalue weighted by Gasteiger charge is 2.20. The van der Waals surface area contributed by atoms with Crippen LogP contribution >= 0.6 is 27.5 Å². The van der Waals surface area contributed by atoms with Gasteiger partial charge in [-0.05, 0) is 58.2 Å². The maximum absolute atomic E-state index is 12.4. The Morgan fingerprint density at radius 3 is 2.50 bits per heavy atom. The van der Waals surface area contributed by atoms with Gasteiger partial charge in [0.15, 0.2) is 9.84 Å². The molecule has 106 valence electrons. The quantitative estimate of drug-likeness (QED) is 0.827. The molecule has 0 radical (unpaired) electrons. The highest BCUT2D eigenvalue weighted by molar-refractivity contribution is 9.10. The fraction of sp³-hybridized carbons (Fsp3) is 0.143. The smallest absolute Gasteiger partial charge is 0.183 e. The van der Waals surface area contributed by atoms with Gasteiger partial charge in [-0.3, -0.25) is 0 Å². The van der Waals surface area contributed by atoms with Gasteiger partial charge in [0.05, 0.1) is 10.6 Å². The van der Waals surface area contributed by atoms with Crippen molar-refractivity contribution in [1.29, 1.82) is 0 Å². The first-order valence-electron chi connectivity index (χ1n) is 5.82. The number of hydrogen-bond donors (Lipinski definition) is 1. The Hall–Kier alpha value is -1.04. The number of anilines is 1. The minimum atomic E-state index is -3.48. The van der Waals surface area contributed by atoms with Crippen molar-refractivity contribution >= 4 is 43.1 Å². The first kappa shape index (κ1) is 15.4. The Morgan fingerprint density at radius 2 is 1.90 bits per heavy atom. The standard InChI is InChI=1S/C14H13BrClNO2S/c1-9-2-3-10(13(16)6-9)8-20(18,19)14-5-4-11(17)7-12(14)15/h2-7H,8,17H2,1H3. The van der Waals surface area contributed by atoms with Crippen molar-refractivity contribution in [3.05, 3.63) is 57.0 Å². The van der Waals surface area contributed by atoms with Gasteiger partial charge >= 0.3 is 0 Å². The van der Waals surface area contributed by atoms with E-state index in [9.17, 15) is 8.42 Å². The van der Waals surface area contributed by atoms with E-state index in [-0.39, 0.29) is 10.6 Å². The number of nitrogens with two attached hydrogens (primary N) is 1. The van der Waals surface area contributed by atoms with E-state index in [4.69, 9.17) is 17.3 Å². The fourth-order valence-electron chi connectivity index (χ4n) is 1.82.